The van der Waals surface area contributed by atoms with Gasteiger partial charge in [-0.05, 0) is 88.7 Å². The van der Waals surface area contributed by atoms with Gasteiger partial charge in [-0.25, -0.2) is 13.6 Å². The summed E-state index contributed by atoms with van der Waals surface area (Å²) in [5, 5.41) is 0. The highest BCUT2D eigenvalue weighted by Gasteiger charge is 2.36. The molecule has 2 N–H and O–H groups in total. The van der Waals surface area contributed by atoms with E-state index in [0.717, 1.165) is 25.9 Å². The van der Waals surface area contributed by atoms with E-state index >= 15 is 0 Å². The van der Waals surface area contributed by atoms with Gasteiger partial charge in [-0.1, -0.05) is 39.5 Å². The van der Waals surface area contributed by atoms with E-state index in [4.69, 9.17) is 19.9 Å². The summed E-state index contributed by atoms with van der Waals surface area (Å²) >= 11 is 0. The predicted molar refractivity (Wildman–Crippen MR) is 177 cm³/mol. The van der Waals surface area contributed by atoms with Crippen LogP contribution in [-0.2, 0) is 17.6 Å². The molecule has 0 spiro atoms. The third-order valence-corrected chi connectivity index (χ3v) is 10.3. The number of nitrogens with two attached hydrogens (primary N) is 1. The van der Waals surface area contributed by atoms with Gasteiger partial charge in [0.05, 0.1) is 12.7 Å². The normalized spacial score (nSPS) is 21.0. The molecular formula is C37H51F2N3O5. The fourth-order valence-corrected chi connectivity index (χ4v) is 8.14. The van der Waals surface area contributed by atoms with E-state index in [2.05, 4.69) is 23.6 Å². The van der Waals surface area contributed by atoms with Crippen LogP contribution < -0.4 is 15.2 Å². The van der Waals surface area contributed by atoms with Crippen molar-refractivity contribution >= 4 is 11.9 Å². The number of ether oxygens (including phenoxy) is 3. The number of esters is 1. The van der Waals surface area contributed by atoms with Crippen molar-refractivity contribution in [3.63, 3.8) is 0 Å². The van der Waals surface area contributed by atoms with Crippen molar-refractivity contribution in [1.29, 1.82) is 0 Å². The summed E-state index contributed by atoms with van der Waals surface area (Å²) in [7, 11) is 1.35. The van der Waals surface area contributed by atoms with Gasteiger partial charge in [-0.15, -0.1) is 0 Å². The molecule has 1 amide bonds. The first kappa shape index (κ1) is 35.1. The summed E-state index contributed by atoms with van der Waals surface area (Å²) < 4.78 is 44.4. The van der Waals surface area contributed by atoms with E-state index in [1.54, 1.807) is 0 Å². The Labute approximate surface area is 277 Å². The van der Waals surface area contributed by atoms with Crippen LogP contribution in [0.2, 0.25) is 0 Å². The third-order valence-electron chi connectivity index (χ3n) is 10.3. The molecule has 4 aliphatic rings. The molecule has 2 aliphatic heterocycles. The van der Waals surface area contributed by atoms with Crippen LogP contribution in [0.1, 0.15) is 110 Å². The number of carbonyl (C=O) groups excluding carboxylic acids is 2. The van der Waals surface area contributed by atoms with Crippen LogP contribution in [0.15, 0.2) is 24.3 Å². The number of halogens is 2. The first-order chi connectivity index (χ1) is 22.8. The summed E-state index contributed by atoms with van der Waals surface area (Å²) in [5.41, 5.74) is 7.54. The van der Waals surface area contributed by atoms with Crippen molar-refractivity contribution in [1.82, 2.24) is 9.80 Å². The standard InChI is InChI=1S/C19H26FNO3.C18H25FN2O2/c1-3-10-21(13-6-4-5-7-13)14-11-16-15(19(22)23-2)8-9-17(20)18(16)24-12-14;1-2-9-21(12-5-3-4-6-12)13-10-15-14(18(20)22)7-8-16(19)17(15)23-11-13/h8-9,13-14H,3-7,10-12H2,1-2H3;7-8,12-13H,2-6,9-11H2,1H3,(H2,20,22)/t14-;13-/m11/s1. The lowest BCUT2D eigenvalue weighted by Crippen LogP contribution is -2.48. The van der Waals surface area contributed by atoms with E-state index in [1.165, 1.54) is 82.7 Å². The monoisotopic (exact) mass is 655 g/mol. The van der Waals surface area contributed by atoms with Gasteiger partial charge < -0.3 is 19.9 Å². The average Bonchev–Trinajstić information content (AvgIpc) is 3.82. The first-order valence-electron chi connectivity index (χ1n) is 17.5. The minimum Gasteiger partial charge on any atom is -0.489 e. The molecule has 8 nitrogen and oxygen atoms in total. The molecule has 2 atom stereocenters. The molecule has 2 aromatic carbocycles. The maximum absolute atomic E-state index is 14.1. The second-order valence-corrected chi connectivity index (χ2v) is 13.4. The molecule has 47 heavy (non-hydrogen) atoms. The van der Waals surface area contributed by atoms with Crippen LogP contribution in [0, 0.1) is 11.6 Å². The third kappa shape index (κ3) is 7.91. The number of benzene rings is 2. The Morgan fingerprint density at radius 2 is 1.17 bits per heavy atom. The molecule has 258 valence electrons. The molecule has 10 heteroatoms. The number of amides is 1. The number of nitrogens with zero attached hydrogens (tertiary/aromatic N) is 2. The summed E-state index contributed by atoms with van der Waals surface area (Å²) in [4.78, 5) is 28.7. The molecule has 2 fully saturated rings. The van der Waals surface area contributed by atoms with Crippen LogP contribution in [0.3, 0.4) is 0 Å². The maximum Gasteiger partial charge on any atom is 0.338 e. The SMILES string of the molecule is CCCN(C1CCCC1)[C@H]1COc2c(F)ccc(C(=O)OC)c2C1.CCCN(C1CCCC1)[C@H]1COc2c(F)ccc(C(N)=O)c2C1. The minimum absolute atomic E-state index is 0.186. The van der Waals surface area contributed by atoms with Gasteiger partial charge in [0.1, 0.15) is 13.2 Å². The van der Waals surface area contributed by atoms with Crippen molar-refractivity contribution in [2.75, 3.05) is 33.4 Å². The number of rotatable bonds is 10. The van der Waals surface area contributed by atoms with Crippen molar-refractivity contribution in [3.05, 3.63) is 58.2 Å². The van der Waals surface area contributed by atoms with Crippen LogP contribution >= 0.6 is 0 Å². The molecule has 0 aromatic heterocycles. The Kier molecular flexibility index (Phi) is 12.1. The number of hydrogen-bond acceptors (Lipinski definition) is 7. The minimum atomic E-state index is -0.520. The molecule has 0 radical (unpaired) electrons. The zero-order chi connectivity index (χ0) is 33.5. The Bertz CT molecular complexity index is 1390. The Balaban J connectivity index is 0.000000185. The second kappa shape index (κ2) is 16.2. The quantitative estimate of drug-likeness (QED) is 0.294. The summed E-state index contributed by atoms with van der Waals surface area (Å²) in [5.74, 6) is -1.34. The number of carbonyl (C=O) groups is 2. The van der Waals surface area contributed by atoms with Gasteiger partial charge in [0, 0.05) is 40.9 Å². The fourth-order valence-electron chi connectivity index (χ4n) is 8.14. The predicted octanol–water partition coefficient (Wildman–Crippen LogP) is 6.45. The lowest BCUT2D eigenvalue weighted by Gasteiger charge is -2.39. The lowest BCUT2D eigenvalue weighted by molar-refractivity contribution is 0.0586. The molecule has 2 saturated carbocycles. The van der Waals surface area contributed by atoms with Gasteiger partial charge in [0.15, 0.2) is 23.1 Å². The molecule has 0 saturated heterocycles. The second-order valence-electron chi connectivity index (χ2n) is 13.4. The van der Waals surface area contributed by atoms with Gasteiger partial charge in [-0.2, -0.15) is 0 Å². The van der Waals surface area contributed by atoms with Gasteiger partial charge in [-0.3, -0.25) is 14.6 Å². The van der Waals surface area contributed by atoms with E-state index in [-0.39, 0.29) is 23.6 Å². The largest absolute Gasteiger partial charge is 0.489 e. The van der Waals surface area contributed by atoms with Gasteiger partial charge in [0.2, 0.25) is 5.91 Å². The molecular weight excluding hydrogens is 604 g/mol. The molecule has 2 heterocycles. The zero-order valence-corrected chi connectivity index (χ0v) is 28.2. The Morgan fingerprint density at radius 1 is 0.745 bits per heavy atom. The fraction of sp³-hybridized carbons (Fsp3) is 0.622. The Morgan fingerprint density at radius 3 is 1.57 bits per heavy atom. The number of primary amides is 1. The van der Waals surface area contributed by atoms with Crippen molar-refractivity contribution in [2.45, 2.75) is 115 Å². The van der Waals surface area contributed by atoms with Crippen LogP contribution in [0.5, 0.6) is 11.5 Å². The maximum atomic E-state index is 14.1. The molecule has 2 aliphatic carbocycles. The van der Waals surface area contributed by atoms with Crippen LogP contribution in [-0.4, -0.2) is 79.3 Å². The number of methoxy groups -OCH3 is 1. The topological polar surface area (TPSA) is 94.3 Å². The van der Waals surface area contributed by atoms with E-state index in [0.29, 0.717) is 60.4 Å². The number of fused-ring (bicyclic) bond motifs is 2. The zero-order valence-electron chi connectivity index (χ0n) is 28.2. The van der Waals surface area contributed by atoms with Gasteiger partial charge >= 0.3 is 5.97 Å². The van der Waals surface area contributed by atoms with Gasteiger partial charge in [0.25, 0.3) is 0 Å². The number of hydrogen-bond donors (Lipinski definition) is 1. The smallest absolute Gasteiger partial charge is 0.338 e. The molecule has 0 bridgehead atoms. The van der Waals surface area contributed by atoms with E-state index < -0.39 is 23.5 Å². The summed E-state index contributed by atoms with van der Waals surface area (Å²) in [6.45, 7) is 7.33. The summed E-state index contributed by atoms with van der Waals surface area (Å²) in [6.07, 6.45) is 13.4. The van der Waals surface area contributed by atoms with E-state index in [9.17, 15) is 18.4 Å². The van der Waals surface area contributed by atoms with Crippen LogP contribution in [0.4, 0.5) is 8.78 Å². The lowest BCUT2D eigenvalue weighted by atomic mass is 9.94. The average molecular weight is 656 g/mol. The first-order valence-corrected chi connectivity index (χ1v) is 17.5. The Hall–Kier alpha value is -3.24. The summed E-state index contributed by atoms with van der Waals surface area (Å²) in [6, 6.07) is 7.06. The molecule has 6 rings (SSSR count). The highest BCUT2D eigenvalue weighted by Crippen LogP contribution is 2.36. The highest BCUT2D eigenvalue weighted by molar-refractivity contribution is 5.95. The molecule has 2 aromatic rings. The van der Waals surface area contributed by atoms with Crippen molar-refractivity contribution in [3.8, 4) is 11.5 Å². The van der Waals surface area contributed by atoms with Crippen molar-refractivity contribution in [2.24, 2.45) is 5.73 Å². The highest BCUT2D eigenvalue weighted by atomic mass is 19.1. The van der Waals surface area contributed by atoms with E-state index in [1.807, 2.05) is 0 Å². The van der Waals surface area contributed by atoms with Crippen molar-refractivity contribution < 1.29 is 32.6 Å². The van der Waals surface area contributed by atoms with Crippen LogP contribution in [0.25, 0.3) is 0 Å². The molecule has 0 unspecified atom stereocenters.